The van der Waals surface area contributed by atoms with Gasteiger partial charge in [-0.1, -0.05) is 11.6 Å². The first kappa shape index (κ1) is 18.4. The summed E-state index contributed by atoms with van der Waals surface area (Å²) in [5.41, 5.74) is 0. The fourth-order valence-corrected chi connectivity index (χ4v) is 1.91. The van der Waals surface area contributed by atoms with Crippen LogP contribution in [-0.2, 0) is 28.6 Å². The highest BCUT2D eigenvalue weighted by Gasteiger charge is 2.47. The Morgan fingerprint density at radius 3 is 2.11 bits per heavy atom. The van der Waals surface area contributed by atoms with Crippen LogP contribution in [0.1, 0.15) is 20.8 Å². The minimum Gasteiger partial charge on any atom is -0.461 e. The van der Waals surface area contributed by atoms with Gasteiger partial charge in [-0.05, 0) is 29.5 Å². The Balaban J connectivity index is 5.27. The Kier molecular flexibility index (Phi) is 7.57. The second-order valence-corrected chi connectivity index (χ2v) is 6.34. The van der Waals surface area contributed by atoms with Gasteiger partial charge in [0.1, 0.15) is 6.10 Å². The van der Waals surface area contributed by atoms with E-state index in [2.05, 4.69) is 4.74 Å². The molecule has 4 atom stereocenters. The van der Waals surface area contributed by atoms with Crippen LogP contribution in [-0.4, -0.2) is 39.9 Å². The first-order valence-corrected chi connectivity index (χ1v) is 6.55. The molecule has 0 N–H and O–H groups in total. The molecule has 110 valence electrons. The summed E-state index contributed by atoms with van der Waals surface area (Å²) in [6.07, 6.45) is -4.05. The Morgan fingerprint density at radius 1 is 1.32 bits per heavy atom. The molecule has 0 bridgehead atoms. The fourth-order valence-electron chi connectivity index (χ4n) is 1.26. The summed E-state index contributed by atoms with van der Waals surface area (Å²) in [6, 6.07) is 0. The molecule has 1 unspecified atom stereocenters. The maximum Gasteiger partial charge on any atom is 0.303 e. The van der Waals surface area contributed by atoms with E-state index >= 15 is 0 Å². The largest absolute Gasteiger partial charge is 0.461 e. The van der Waals surface area contributed by atoms with Gasteiger partial charge < -0.3 is 14.2 Å². The van der Waals surface area contributed by atoms with Gasteiger partial charge in [0, 0.05) is 13.8 Å². The maximum absolute atomic E-state index is 13.9. The van der Waals surface area contributed by atoms with Crippen molar-refractivity contribution in [1.29, 1.82) is 0 Å². The normalized spacial score (nSPS) is 18.4. The molecule has 19 heavy (non-hydrogen) atoms. The van der Waals surface area contributed by atoms with Crippen LogP contribution in [0.15, 0.2) is 0 Å². The number of esters is 2. The Morgan fingerprint density at radius 2 is 1.79 bits per heavy atom. The number of rotatable bonds is 7. The summed E-state index contributed by atoms with van der Waals surface area (Å²) < 4.78 is 25.4. The molecular weight excluding hydrogens is 397 g/mol. The van der Waals surface area contributed by atoms with Gasteiger partial charge in [-0.25, -0.2) is 4.39 Å². The van der Waals surface area contributed by atoms with Gasteiger partial charge in [0.15, 0.2) is 12.2 Å². The number of halogens is 3. The smallest absolute Gasteiger partial charge is 0.303 e. The average molecular weight is 411 g/mol. The monoisotopic (exact) mass is 410 g/mol. The fraction of sp³-hybridized carbons (Fsp3) is 0.700. The molecule has 0 aliphatic carbocycles. The minimum absolute atomic E-state index is 0.104. The molecule has 6 nitrogen and oxygen atoms in total. The number of hydrogen-bond acceptors (Lipinski definition) is 6. The number of carbonyl (C=O) groups is 3. The van der Waals surface area contributed by atoms with Crippen molar-refractivity contribution < 1.29 is 33.0 Å². The third-order valence-corrected chi connectivity index (χ3v) is 2.78. The summed E-state index contributed by atoms with van der Waals surface area (Å²) >= 11 is 6.66. The Hall–Kier alpha value is -0.640. The molecule has 0 rings (SSSR count). The molecule has 0 saturated carbocycles. The van der Waals surface area contributed by atoms with Crippen molar-refractivity contribution in [2.75, 3.05) is 0 Å². The van der Waals surface area contributed by atoms with Crippen LogP contribution in [0.2, 0.25) is 0 Å². The molecule has 0 heterocycles. The van der Waals surface area contributed by atoms with Gasteiger partial charge in [-0.2, -0.15) is 0 Å². The van der Waals surface area contributed by atoms with Crippen molar-refractivity contribution >= 4 is 52.6 Å². The minimum atomic E-state index is -2.54. The van der Waals surface area contributed by atoms with Crippen molar-refractivity contribution in [3.8, 4) is 0 Å². The van der Waals surface area contributed by atoms with Crippen LogP contribution in [0.25, 0.3) is 0 Å². The van der Waals surface area contributed by atoms with Crippen LogP contribution in [0.4, 0.5) is 4.39 Å². The molecule has 9 heteroatoms. The maximum atomic E-state index is 13.9. The lowest BCUT2D eigenvalue weighted by molar-refractivity contribution is -0.181. The van der Waals surface area contributed by atoms with Crippen molar-refractivity contribution in [3.63, 3.8) is 0 Å². The van der Waals surface area contributed by atoms with Crippen LogP contribution >= 0.6 is 34.2 Å². The third kappa shape index (κ3) is 6.90. The lowest BCUT2D eigenvalue weighted by Gasteiger charge is -2.32. The molecule has 0 fully saturated rings. The first-order valence-electron chi connectivity index (χ1n) is 5.09. The Labute approximate surface area is 128 Å². The summed E-state index contributed by atoms with van der Waals surface area (Å²) in [5, 5.41) is 0. The van der Waals surface area contributed by atoms with E-state index in [0.717, 1.165) is 13.8 Å². The molecule has 0 aliphatic rings. The zero-order valence-corrected chi connectivity index (χ0v) is 13.3. The van der Waals surface area contributed by atoms with Gasteiger partial charge in [0.25, 0.3) is 9.61 Å². The summed E-state index contributed by atoms with van der Waals surface area (Å²) in [7, 11) is 0. The van der Waals surface area contributed by atoms with E-state index in [1.54, 1.807) is 0 Å². The highest BCUT2D eigenvalue weighted by atomic mass is 127. The molecule has 0 spiro atoms. The number of ether oxygens (including phenoxy) is 3. The van der Waals surface area contributed by atoms with E-state index in [1.165, 1.54) is 29.5 Å². The summed E-state index contributed by atoms with van der Waals surface area (Å²) in [5.74, 6) is -1.58. The van der Waals surface area contributed by atoms with Gasteiger partial charge in [0.2, 0.25) is 0 Å². The van der Waals surface area contributed by atoms with Gasteiger partial charge >= 0.3 is 11.9 Å². The van der Waals surface area contributed by atoms with E-state index < -0.39 is 33.4 Å². The predicted molar refractivity (Wildman–Crippen MR) is 71.4 cm³/mol. The van der Waals surface area contributed by atoms with Crippen LogP contribution in [0, 0.1) is 0 Å². The number of carbonyl (C=O) groups excluding carboxylic acids is 3. The molecule has 0 aromatic heterocycles. The van der Waals surface area contributed by atoms with Crippen molar-refractivity contribution in [3.05, 3.63) is 0 Å². The van der Waals surface area contributed by atoms with E-state index in [1.807, 2.05) is 0 Å². The lowest BCUT2D eigenvalue weighted by atomic mass is 10.1. The van der Waals surface area contributed by atoms with Crippen molar-refractivity contribution in [2.24, 2.45) is 0 Å². The molecule has 0 saturated heterocycles. The summed E-state index contributed by atoms with van der Waals surface area (Å²) in [4.78, 5) is 32.3. The first-order chi connectivity index (χ1) is 8.59. The molecule has 0 aliphatic heterocycles. The van der Waals surface area contributed by atoms with Crippen LogP contribution < -0.4 is 0 Å². The van der Waals surface area contributed by atoms with Crippen LogP contribution in [0.3, 0.4) is 0 Å². The number of alkyl halides is 3. The molecule has 0 aromatic rings. The summed E-state index contributed by atoms with van der Waals surface area (Å²) in [6.45, 7) is 3.57. The van der Waals surface area contributed by atoms with Gasteiger partial charge in [-0.15, -0.1) is 0 Å². The lowest BCUT2D eigenvalue weighted by Crippen LogP contribution is -2.49. The molecule has 0 radical (unpaired) electrons. The average Bonchev–Trinajstić information content (AvgIpc) is 2.21. The standard InChI is InChI=1S/C10H13ClFIO6/c1-5(17-4-14)8(18-6(2)15)9(10(11,12)13)19-7(3)16/h4-5,8-9H,1-3H3/t5-,8+,9+,10?/m0/s1. The highest BCUT2D eigenvalue weighted by Crippen LogP contribution is 2.36. The van der Waals surface area contributed by atoms with Crippen LogP contribution in [0.5, 0.6) is 0 Å². The van der Waals surface area contributed by atoms with Crippen molar-refractivity contribution in [2.45, 2.75) is 42.2 Å². The quantitative estimate of drug-likeness (QED) is 0.209. The molecule has 0 aromatic carbocycles. The zero-order valence-electron chi connectivity index (χ0n) is 10.4. The van der Waals surface area contributed by atoms with E-state index in [9.17, 15) is 18.8 Å². The van der Waals surface area contributed by atoms with Gasteiger partial charge in [-0.3, -0.25) is 14.4 Å². The van der Waals surface area contributed by atoms with E-state index in [4.69, 9.17) is 21.1 Å². The van der Waals surface area contributed by atoms with E-state index in [-0.39, 0.29) is 6.47 Å². The molecule has 0 amide bonds. The third-order valence-electron chi connectivity index (χ3n) is 1.95. The van der Waals surface area contributed by atoms with Crippen molar-refractivity contribution in [1.82, 2.24) is 0 Å². The predicted octanol–water partition coefficient (Wildman–Crippen LogP) is 1.71. The highest BCUT2D eigenvalue weighted by molar-refractivity contribution is 14.1. The number of hydrogen-bond donors (Lipinski definition) is 0. The second-order valence-electron chi connectivity index (χ2n) is 3.58. The zero-order chi connectivity index (χ0) is 15.2. The SMILES string of the molecule is CC(=O)O[C@H]([C@H](C)OC=O)[C@@H](OC(C)=O)C(F)(Cl)I. The topological polar surface area (TPSA) is 78.9 Å². The van der Waals surface area contributed by atoms with Gasteiger partial charge in [0.05, 0.1) is 0 Å². The molecular formula is C10H13ClFIO6. The second kappa shape index (κ2) is 7.83. The van der Waals surface area contributed by atoms with E-state index in [0.29, 0.717) is 0 Å². The Bertz CT molecular complexity index is 345.